The van der Waals surface area contributed by atoms with Crippen molar-refractivity contribution < 1.29 is 18.3 Å². The molecule has 0 spiro atoms. The highest BCUT2D eigenvalue weighted by atomic mass is 32.2. The third kappa shape index (κ3) is 3.33. The second-order valence-corrected chi connectivity index (χ2v) is 6.13. The van der Waals surface area contributed by atoms with Crippen molar-refractivity contribution in [2.75, 3.05) is 11.1 Å². The molecule has 0 heterocycles. The van der Waals surface area contributed by atoms with Gasteiger partial charge in [-0.25, -0.2) is 8.42 Å². The highest BCUT2D eigenvalue weighted by Gasteiger charge is 2.27. The second kappa shape index (κ2) is 5.68. The molecule has 0 aliphatic carbocycles. The molecule has 0 saturated heterocycles. The summed E-state index contributed by atoms with van der Waals surface area (Å²) in [4.78, 5) is 11.8. The Kier molecular flexibility index (Phi) is 4.49. The van der Waals surface area contributed by atoms with E-state index in [-0.39, 0.29) is 17.2 Å². The number of carbonyl (C=O) groups excluding carboxylic acids is 1. The summed E-state index contributed by atoms with van der Waals surface area (Å²) < 4.78 is 23.3. The summed E-state index contributed by atoms with van der Waals surface area (Å²) in [6, 6.07) is 6.11. The molecule has 0 aliphatic heterocycles. The van der Waals surface area contributed by atoms with Crippen LogP contribution in [0, 0.1) is 0 Å². The van der Waals surface area contributed by atoms with Gasteiger partial charge in [-0.2, -0.15) is 0 Å². The molecule has 0 radical (unpaired) electrons. The molecular weight excluding hydrogens is 254 g/mol. The van der Waals surface area contributed by atoms with Crippen LogP contribution < -0.4 is 5.32 Å². The number of nitrogens with one attached hydrogen (secondary N) is 1. The molecule has 1 aromatic rings. The lowest BCUT2D eigenvalue weighted by molar-refractivity contribution is -0.115. The summed E-state index contributed by atoms with van der Waals surface area (Å²) in [6.45, 7) is 4.63. The quantitative estimate of drug-likeness (QED) is 0.623. The first-order valence-electron chi connectivity index (χ1n) is 5.30. The maximum Gasteiger partial charge on any atom is 0.242 e. The Hall–Kier alpha value is -1.82. The van der Waals surface area contributed by atoms with Gasteiger partial charge in [0.15, 0.2) is 9.84 Å². The zero-order chi connectivity index (χ0) is 13.8. The molecule has 18 heavy (non-hydrogen) atoms. The van der Waals surface area contributed by atoms with Crippen LogP contribution in [0.25, 0.3) is 0 Å². The fraction of sp³-hybridized carbons (Fsp3) is 0.250. The monoisotopic (exact) mass is 269 g/mol. The molecule has 0 aliphatic rings. The fourth-order valence-electron chi connectivity index (χ4n) is 1.29. The summed E-state index contributed by atoms with van der Waals surface area (Å²) in [6.07, 6.45) is 1.24. The van der Waals surface area contributed by atoms with E-state index < -0.39 is 21.0 Å². The van der Waals surface area contributed by atoms with Gasteiger partial charge in [-0.15, -0.1) is 6.58 Å². The van der Waals surface area contributed by atoms with E-state index >= 15 is 0 Å². The van der Waals surface area contributed by atoms with Crippen LogP contribution in [0.5, 0.6) is 5.75 Å². The minimum atomic E-state index is -3.55. The average molecular weight is 269 g/mol. The van der Waals surface area contributed by atoms with Crippen LogP contribution in [0.2, 0.25) is 0 Å². The van der Waals surface area contributed by atoms with E-state index in [2.05, 4.69) is 11.9 Å². The Bertz CT molecular complexity index is 551. The van der Waals surface area contributed by atoms with Gasteiger partial charge in [0.05, 0.1) is 11.4 Å². The van der Waals surface area contributed by atoms with E-state index in [0.29, 0.717) is 0 Å². The van der Waals surface area contributed by atoms with Crippen molar-refractivity contribution in [3.63, 3.8) is 0 Å². The van der Waals surface area contributed by atoms with Gasteiger partial charge >= 0.3 is 0 Å². The highest BCUT2D eigenvalue weighted by Crippen LogP contribution is 2.22. The van der Waals surface area contributed by atoms with Crippen molar-refractivity contribution in [2.24, 2.45) is 0 Å². The summed E-state index contributed by atoms with van der Waals surface area (Å²) in [5.74, 6) is -1.06. The Morgan fingerprint density at radius 3 is 2.67 bits per heavy atom. The number of hydrogen-bond acceptors (Lipinski definition) is 4. The fourth-order valence-corrected chi connectivity index (χ4v) is 2.29. The maximum atomic E-state index is 11.8. The Balaban J connectivity index is 2.84. The first kappa shape index (κ1) is 14.2. The van der Waals surface area contributed by atoms with E-state index in [0.717, 1.165) is 0 Å². The third-order valence-electron chi connectivity index (χ3n) is 2.42. The number of sulfone groups is 1. The van der Waals surface area contributed by atoms with Crippen LogP contribution in [0.4, 0.5) is 5.69 Å². The van der Waals surface area contributed by atoms with Crippen LogP contribution in [0.3, 0.4) is 0 Å². The zero-order valence-corrected chi connectivity index (χ0v) is 10.8. The van der Waals surface area contributed by atoms with E-state index in [1.165, 1.54) is 25.1 Å². The van der Waals surface area contributed by atoms with Crippen molar-refractivity contribution in [3.05, 3.63) is 36.9 Å². The van der Waals surface area contributed by atoms with E-state index in [4.69, 9.17) is 0 Å². The van der Waals surface area contributed by atoms with E-state index in [9.17, 15) is 18.3 Å². The molecule has 1 rings (SSSR count). The molecule has 98 valence electrons. The van der Waals surface area contributed by atoms with Crippen LogP contribution in [-0.2, 0) is 14.6 Å². The lowest BCUT2D eigenvalue weighted by Crippen LogP contribution is -2.33. The molecule has 2 N–H and O–H groups in total. The summed E-state index contributed by atoms with van der Waals surface area (Å²) in [5.41, 5.74) is 0.183. The minimum Gasteiger partial charge on any atom is -0.506 e. The smallest absolute Gasteiger partial charge is 0.242 e. The molecule has 1 unspecified atom stereocenters. The number of amides is 1. The standard InChI is InChI=1S/C12H15NO4S/c1-3-8-18(16,17)9(2)12(15)13-10-6-4-5-7-11(10)14/h3-7,9,14H,1,8H2,2H3,(H,13,15). The molecule has 0 aromatic heterocycles. The van der Waals surface area contributed by atoms with Crippen LogP contribution in [0.15, 0.2) is 36.9 Å². The van der Waals surface area contributed by atoms with Crippen molar-refractivity contribution >= 4 is 21.4 Å². The molecule has 1 atom stereocenters. The van der Waals surface area contributed by atoms with E-state index in [1.54, 1.807) is 12.1 Å². The number of phenols is 1. The predicted octanol–water partition coefficient (Wildman–Crippen LogP) is 1.32. The van der Waals surface area contributed by atoms with Crippen molar-refractivity contribution in [1.29, 1.82) is 0 Å². The van der Waals surface area contributed by atoms with Crippen LogP contribution in [-0.4, -0.2) is 30.4 Å². The van der Waals surface area contributed by atoms with Crippen molar-refractivity contribution in [2.45, 2.75) is 12.2 Å². The Morgan fingerprint density at radius 1 is 1.50 bits per heavy atom. The predicted molar refractivity (Wildman–Crippen MR) is 70.2 cm³/mol. The molecular formula is C12H15NO4S. The van der Waals surface area contributed by atoms with Gasteiger partial charge < -0.3 is 10.4 Å². The number of aromatic hydroxyl groups is 1. The summed E-state index contributed by atoms with van der Waals surface area (Å²) in [5, 5.41) is 10.6. The number of hydrogen-bond donors (Lipinski definition) is 2. The number of phenolic OH excluding ortho intramolecular Hbond substituents is 1. The molecule has 6 heteroatoms. The first-order valence-corrected chi connectivity index (χ1v) is 7.01. The van der Waals surface area contributed by atoms with Gasteiger partial charge in [0, 0.05) is 0 Å². The third-order valence-corrected chi connectivity index (χ3v) is 4.41. The number of para-hydroxylation sites is 2. The Labute approximate surface area is 106 Å². The van der Waals surface area contributed by atoms with Crippen LogP contribution >= 0.6 is 0 Å². The Morgan fingerprint density at radius 2 is 2.11 bits per heavy atom. The number of benzene rings is 1. The summed E-state index contributed by atoms with van der Waals surface area (Å²) in [7, 11) is -3.55. The molecule has 0 bridgehead atoms. The van der Waals surface area contributed by atoms with Gasteiger partial charge in [-0.05, 0) is 19.1 Å². The van der Waals surface area contributed by atoms with Crippen LogP contribution in [0.1, 0.15) is 6.92 Å². The maximum absolute atomic E-state index is 11.8. The molecule has 1 aromatic carbocycles. The van der Waals surface area contributed by atoms with Gasteiger partial charge in [0.25, 0.3) is 0 Å². The lowest BCUT2D eigenvalue weighted by Gasteiger charge is -2.12. The topological polar surface area (TPSA) is 83.5 Å². The van der Waals surface area contributed by atoms with Gasteiger partial charge in [-0.3, -0.25) is 4.79 Å². The first-order chi connectivity index (χ1) is 8.38. The molecule has 1 amide bonds. The number of anilines is 1. The van der Waals surface area contributed by atoms with E-state index in [1.807, 2.05) is 0 Å². The van der Waals surface area contributed by atoms with Crippen molar-refractivity contribution in [3.8, 4) is 5.75 Å². The number of carbonyl (C=O) groups is 1. The summed E-state index contributed by atoms with van der Waals surface area (Å²) >= 11 is 0. The van der Waals surface area contributed by atoms with Gasteiger partial charge in [0.1, 0.15) is 11.0 Å². The van der Waals surface area contributed by atoms with Gasteiger partial charge in [-0.1, -0.05) is 18.2 Å². The average Bonchev–Trinajstić information content (AvgIpc) is 2.31. The zero-order valence-electron chi connectivity index (χ0n) is 9.96. The molecule has 5 nitrogen and oxygen atoms in total. The van der Waals surface area contributed by atoms with Crippen molar-refractivity contribution in [1.82, 2.24) is 0 Å². The minimum absolute atomic E-state index is 0.112. The normalized spacial score (nSPS) is 12.7. The molecule has 0 fully saturated rings. The number of rotatable bonds is 5. The highest BCUT2D eigenvalue weighted by molar-refractivity contribution is 7.92. The van der Waals surface area contributed by atoms with Gasteiger partial charge in [0.2, 0.25) is 5.91 Å². The largest absolute Gasteiger partial charge is 0.506 e. The lowest BCUT2D eigenvalue weighted by atomic mass is 10.3. The SMILES string of the molecule is C=CCS(=O)(=O)C(C)C(=O)Nc1ccccc1O. The second-order valence-electron chi connectivity index (χ2n) is 3.77. The molecule has 0 saturated carbocycles.